The maximum atomic E-state index is 5.99. The maximum Gasteiger partial charge on any atom is 0.130 e. The van der Waals surface area contributed by atoms with Crippen molar-refractivity contribution in [1.82, 2.24) is 10.2 Å². The molecule has 2 aliphatic rings. The second-order valence-electron chi connectivity index (χ2n) is 4.26. The van der Waals surface area contributed by atoms with Crippen molar-refractivity contribution >= 4 is 5.84 Å². The number of rotatable bonds is 1. The molecule has 0 bridgehead atoms. The molecule has 1 saturated heterocycles. The molecular weight excluding hydrogens is 200 g/mol. The van der Waals surface area contributed by atoms with Gasteiger partial charge < -0.3 is 16.0 Å². The van der Waals surface area contributed by atoms with Gasteiger partial charge in [-0.1, -0.05) is 6.92 Å². The Labute approximate surface area is 96.9 Å². The van der Waals surface area contributed by atoms with Gasteiger partial charge in [0.2, 0.25) is 0 Å². The molecule has 0 aliphatic carbocycles. The predicted molar refractivity (Wildman–Crippen MR) is 67.1 cm³/mol. The summed E-state index contributed by atoms with van der Waals surface area (Å²) in [4.78, 5) is 6.84. The lowest BCUT2D eigenvalue weighted by Gasteiger charge is -2.28. The smallest absolute Gasteiger partial charge is 0.130 e. The van der Waals surface area contributed by atoms with Crippen LogP contribution >= 0.6 is 0 Å². The van der Waals surface area contributed by atoms with Gasteiger partial charge >= 0.3 is 0 Å². The van der Waals surface area contributed by atoms with Gasteiger partial charge in [0.25, 0.3) is 0 Å². The monoisotopic (exact) mass is 220 g/mol. The van der Waals surface area contributed by atoms with Gasteiger partial charge in [0, 0.05) is 44.5 Å². The standard InChI is InChI=1S/C12H20N4/c1-2-10-7-11(13)8-12(15-9-10)16-5-3-14-4-6-16/h8-9,14H,2-7,13H2,1H3. The van der Waals surface area contributed by atoms with Crippen LogP contribution in [0.1, 0.15) is 19.8 Å². The van der Waals surface area contributed by atoms with Crippen LogP contribution in [-0.2, 0) is 0 Å². The molecule has 2 aliphatic heterocycles. The van der Waals surface area contributed by atoms with Gasteiger partial charge in [0.15, 0.2) is 0 Å². The third-order valence-corrected chi connectivity index (χ3v) is 3.02. The highest BCUT2D eigenvalue weighted by atomic mass is 15.2. The number of aliphatic imine (C=N–C) groups is 1. The van der Waals surface area contributed by atoms with Crippen molar-refractivity contribution in [2.75, 3.05) is 26.2 Å². The number of nitrogens with one attached hydrogen (secondary N) is 1. The SMILES string of the molecule is CCC1=CN=C(N2CCNCC2)C=C(N)C1. The summed E-state index contributed by atoms with van der Waals surface area (Å²) in [6.45, 7) is 6.22. The van der Waals surface area contributed by atoms with Crippen LogP contribution in [0.15, 0.2) is 28.5 Å². The second kappa shape index (κ2) is 5.16. The van der Waals surface area contributed by atoms with Crippen LogP contribution in [0.5, 0.6) is 0 Å². The van der Waals surface area contributed by atoms with Gasteiger partial charge in [-0.25, -0.2) is 4.99 Å². The Morgan fingerprint density at radius 2 is 2.19 bits per heavy atom. The van der Waals surface area contributed by atoms with E-state index in [1.165, 1.54) is 5.57 Å². The summed E-state index contributed by atoms with van der Waals surface area (Å²) in [6, 6.07) is 0. The van der Waals surface area contributed by atoms with Crippen molar-refractivity contribution < 1.29 is 0 Å². The first-order valence-corrected chi connectivity index (χ1v) is 5.97. The molecule has 1 fully saturated rings. The summed E-state index contributed by atoms with van der Waals surface area (Å²) in [5, 5.41) is 3.34. The largest absolute Gasteiger partial charge is 0.402 e. The normalized spacial score (nSPS) is 22.1. The number of hydrogen-bond donors (Lipinski definition) is 2. The number of allylic oxidation sites excluding steroid dienone is 1. The highest BCUT2D eigenvalue weighted by Gasteiger charge is 2.14. The topological polar surface area (TPSA) is 53.6 Å². The highest BCUT2D eigenvalue weighted by Crippen LogP contribution is 2.15. The van der Waals surface area contributed by atoms with E-state index >= 15 is 0 Å². The van der Waals surface area contributed by atoms with Gasteiger partial charge in [-0.3, -0.25) is 0 Å². The van der Waals surface area contributed by atoms with Crippen LogP contribution in [0.25, 0.3) is 0 Å². The lowest BCUT2D eigenvalue weighted by Crippen LogP contribution is -2.46. The van der Waals surface area contributed by atoms with Crippen molar-refractivity contribution in [3.05, 3.63) is 23.5 Å². The lowest BCUT2D eigenvalue weighted by molar-refractivity contribution is 0.359. The third-order valence-electron chi connectivity index (χ3n) is 3.02. The van der Waals surface area contributed by atoms with E-state index in [-0.39, 0.29) is 0 Å². The fraction of sp³-hybridized carbons (Fsp3) is 0.583. The van der Waals surface area contributed by atoms with Gasteiger partial charge in [0.05, 0.1) is 0 Å². The van der Waals surface area contributed by atoms with E-state index in [4.69, 9.17) is 5.73 Å². The van der Waals surface area contributed by atoms with Gasteiger partial charge in [0.1, 0.15) is 5.84 Å². The zero-order chi connectivity index (χ0) is 11.4. The minimum absolute atomic E-state index is 0.857. The van der Waals surface area contributed by atoms with E-state index in [1.54, 1.807) is 0 Å². The van der Waals surface area contributed by atoms with Crippen LogP contribution in [0.2, 0.25) is 0 Å². The van der Waals surface area contributed by atoms with E-state index < -0.39 is 0 Å². The van der Waals surface area contributed by atoms with Crippen molar-refractivity contribution in [1.29, 1.82) is 0 Å². The first-order chi connectivity index (χ1) is 7.79. The average Bonchev–Trinajstić information content (AvgIpc) is 2.52. The minimum atomic E-state index is 0.857. The fourth-order valence-electron chi connectivity index (χ4n) is 2.00. The fourth-order valence-corrected chi connectivity index (χ4v) is 2.00. The molecule has 0 aromatic heterocycles. The molecule has 3 N–H and O–H groups in total. The van der Waals surface area contributed by atoms with E-state index in [2.05, 4.69) is 22.1 Å². The number of nitrogens with zero attached hydrogens (tertiary/aromatic N) is 2. The van der Waals surface area contributed by atoms with Crippen LogP contribution in [0.3, 0.4) is 0 Å². The number of piperazine rings is 1. The quantitative estimate of drug-likeness (QED) is 0.688. The molecule has 0 unspecified atom stereocenters. The minimum Gasteiger partial charge on any atom is -0.402 e. The van der Waals surface area contributed by atoms with E-state index in [0.717, 1.165) is 50.6 Å². The van der Waals surface area contributed by atoms with E-state index in [0.29, 0.717) is 0 Å². The lowest BCUT2D eigenvalue weighted by atomic mass is 10.1. The van der Waals surface area contributed by atoms with E-state index in [9.17, 15) is 0 Å². The molecule has 2 heterocycles. The molecule has 0 radical (unpaired) electrons. The molecule has 0 aromatic rings. The summed E-state index contributed by atoms with van der Waals surface area (Å²) in [5.41, 5.74) is 8.22. The molecule has 0 aromatic carbocycles. The number of amidine groups is 1. The van der Waals surface area contributed by atoms with Gasteiger partial charge in [-0.15, -0.1) is 0 Å². The molecule has 0 saturated carbocycles. The van der Waals surface area contributed by atoms with Gasteiger partial charge in [-0.2, -0.15) is 0 Å². The van der Waals surface area contributed by atoms with Crippen molar-refractivity contribution in [3.63, 3.8) is 0 Å². The Hall–Kier alpha value is -1.29. The van der Waals surface area contributed by atoms with Crippen LogP contribution in [0.4, 0.5) is 0 Å². The first-order valence-electron chi connectivity index (χ1n) is 5.97. The molecule has 4 nitrogen and oxygen atoms in total. The summed E-state index contributed by atoms with van der Waals surface area (Å²) < 4.78 is 0. The van der Waals surface area contributed by atoms with Crippen LogP contribution < -0.4 is 11.1 Å². The average molecular weight is 220 g/mol. The van der Waals surface area contributed by atoms with Crippen molar-refractivity contribution in [2.24, 2.45) is 10.7 Å². The van der Waals surface area contributed by atoms with Crippen molar-refractivity contribution in [3.8, 4) is 0 Å². The molecule has 88 valence electrons. The summed E-state index contributed by atoms with van der Waals surface area (Å²) in [7, 11) is 0. The van der Waals surface area contributed by atoms with Crippen LogP contribution in [0, 0.1) is 0 Å². The first kappa shape index (κ1) is 11.2. The Morgan fingerprint density at radius 1 is 1.44 bits per heavy atom. The maximum absolute atomic E-state index is 5.99. The predicted octanol–water partition coefficient (Wildman–Crippen LogP) is 0.830. The third kappa shape index (κ3) is 2.64. The Balaban J connectivity index is 2.15. The molecule has 0 atom stereocenters. The number of hydrogen-bond acceptors (Lipinski definition) is 4. The zero-order valence-corrected chi connectivity index (χ0v) is 9.87. The molecular formula is C12H20N4. The second-order valence-corrected chi connectivity index (χ2v) is 4.26. The summed E-state index contributed by atoms with van der Waals surface area (Å²) in [6.07, 6.45) is 5.88. The number of nitrogens with two attached hydrogens (primary N) is 1. The summed E-state index contributed by atoms with van der Waals surface area (Å²) >= 11 is 0. The molecule has 0 amide bonds. The molecule has 16 heavy (non-hydrogen) atoms. The van der Waals surface area contributed by atoms with E-state index in [1.807, 2.05) is 12.3 Å². The van der Waals surface area contributed by atoms with Crippen LogP contribution in [-0.4, -0.2) is 36.9 Å². The highest BCUT2D eigenvalue weighted by molar-refractivity contribution is 5.94. The van der Waals surface area contributed by atoms with Crippen molar-refractivity contribution in [2.45, 2.75) is 19.8 Å². The molecule has 2 rings (SSSR count). The Morgan fingerprint density at radius 3 is 2.88 bits per heavy atom. The molecule has 0 spiro atoms. The Bertz CT molecular complexity index is 335. The Kier molecular flexibility index (Phi) is 3.62. The van der Waals surface area contributed by atoms with Gasteiger partial charge in [-0.05, 0) is 18.1 Å². The summed E-state index contributed by atoms with van der Waals surface area (Å²) in [5.74, 6) is 1.02. The zero-order valence-electron chi connectivity index (χ0n) is 9.87. The molecule has 4 heteroatoms.